The summed E-state index contributed by atoms with van der Waals surface area (Å²) >= 11 is 5.67. The minimum Gasteiger partial charge on any atom is -0.495 e. The minimum atomic E-state index is -3.80. The molecule has 0 saturated heterocycles. The van der Waals surface area contributed by atoms with Gasteiger partial charge in [0.15, 0.2) is 0 Å². The van der Waals surface area contributed by atoms with E-state index in [1.165, 1.54) is 20.1 Å². The highest BCUT2D eigenvalue weighted by Crippen LogP contribution is 2.30. The van der Waals surface area contributed by atoms with E-state index in [9.17, 15) is 13.2 Å². The lowest BCUT2D eigenvalue weighted by atomic mass is 10.1. The molecule has 0 radical (unpaired) electrons. The van der Waals surface area contributed by atoms with E-state index in [0.29, 0.717) is 17.3 Å². The summed E-state index contributed by atoms with van der Waals surface area (Å²) in [5, 5.41) is 2.61. The van der Waals surface area contributed by atoms with Crippen LogP contribution in [0.25, 0.3) is 0 Å². The summed E-state index contributed by atoms with van der Waals surface area (Å²) in [6.45, 7) is 1.37. The predicted molar refractivity (Wildman–Crippen MR) is 104 cm³/mol. The van der Waals surface area contributed by atoms with E-state index in [-0.39, 0.29) is 16.5 Å². The number of aryl methyl sites for hydroxylation is 1. The van der Waals surface area contributed by atoms with Gasteiger partial charge in [0, 0.05) is 18.5 Å². The van der Waals surface area contributed by atoms with Crippen LogP contribution in [0.5, 0.6) is 5.75 Å². The standard InChI is InChI=1S/C18H21ClN2O4S/c1-13(22)20-15-7-10-18(25-2)17(12-15)21-26(23,24)16-8-5-14(6-9-16)4-3-11-19/h5-10,12,21H,3-4,11H2,1-2H3,(H,20,22). The van der Waals surface area contributed by atoms with Crippen molar-refractivity contribution in [2.45, 2.75) is 24.7 Å². The SMILES string of the molecule is COc1ccc(NC(C)=O)cc1NS(=O)(=O)c1ccc(CCCCl)cc1. The molecule has 0 aliphatic heterocycles. The molecule has 26 heavy (non-hydrogen) atoms. The molecule has 0 unspecified atom stereocenters. The molecule has 2 N–H and O–H groups in total. The fourth-order valence-electron chi connectivity index (χ4n) is 2.38. The van der Waals surface area contributed by atoms with Crippen LogP contribution in [0, 0.1) is 0 Å². The number of benzene rings is 2. The number of methoxy groups -OCH3 is 1. The van der Waals surface area contributed by atoms with Crippen LogP contribution in [0.1, 0.15) is 18.9 Å². The Bertz CT molecular complexity index is 867. The fraction of sp³-hybridized carbons (Fsp3) is 0.278. The molecule has 2 aromatic carbocycles. The Balaban J connectivity index is 2.26. The number of ether oxygens (including phenoxy) is 1. The monoisotopic (exact) mass is 396 g/mol. The molecule has 0 atom stereocenters. The first-order valence-electron chi connectivity index (χ1n) is 7.99. The zero-order valence-corrected chi connectivity index (χ0v) is 16.2. The van der Waals surface area contributed by atoms with Gasteiger partial charge >= 0.3 is 0 Å². The molecular formula is C18H21ClN2O4S. The number of rotatable bonds is 8. The Hall–Kier alpha value is -2.25. The number of halogens is 1. The van der Waals surface area contributed by atoms with Crippen molar-refractivity contribution in [3.8, 4) is 5.75 Å². The van der Waals surface area contributed by atoms with Crippen molar-refractivity contribution in [1.29, 1.82) is 0 Å². The molecule has 1 amide bonds. The number of anilines is 2. The van der Waals surface area contributed by atoms with Crippen molar-refractivity contribution in [2.24, 2.45) is 0 Å². The van der Waals surface area contributed by atoms with Crippen LogP contribution in [0.2, 0.25) is 0 Å². The zero-order valence-electron chi connectivity index (χ0n) is 14.6. The van der Waals surface area contributed by atoms with Crippen LogP contribution in [-0.4, -0.2) is 27.3 Å². The van der Waals surface area contributed by atoms with Crippen molar-refractivity contribution in [1.82, 2.24) is 0 Å². The number of carbonyl (C=O) groups excluding carboxylic acids is 1. The number of nitrogens with one attached hydrogen (secondary N) is 2. The molecule has 2 rings (SSSR count). The topological polar surface area (TPSA) is 84.5 Å². The first kappa shape index (κ1) is 20.1. The maximum atomic E-state index is 12.7. The zero-order chi connectivity index (χ0) is 19.2. The van der Waals surface area contributed by atoms with Crippen molar-refractivity contribution >= 4 is 38.9 Å². The van der Waals surface area contributed by atoms with E-state index in [0.717, 1.165) is 18.4 Å². The van der Waals surface area contributed by atoms with Crippen molar-refractivity contribution in [2.75, 3.05) is 23.0 Å². The number of hydrogen-bond acceptors (Lipinski definition) is 4. The number of alkyl halides is 1. The summed E-state index contributed by atoms with van der Waals surface area (Å²) in [6, 6.07) is 11.4. The quantitative estimate of drug-likeness (QED) is 0.667. The average Bonchev–Trinajstić information content (AvgIpc) is 2.60. The van der Waals surface area contributed by atoms with E-state index in [1.54, 1.807) is 36.4 Å². The summed E-state index contributed by atoms with van der Waals surface area (Å²) in [7, 11) is -2.36. The van der Waals surface area contributed by atoms with Crippen LogP contribution in [-0.2, 0) is 21.2 Å². The van der Waals surface area contributed by atoms with E-state index >= 15 is 0 Å². The fourth-order valence-corrected chi connectivity index (χ4v) is 3.57. The Morgan fingerprint density at radius 3 is 2.42 bits per heavy atom. The number of hydrogen-bond donors (Lipinski definition) is 2. The smallest absolute Gasteiger partial charge is 0.262 e. The van der Waals surface area contributed by atoms with Crippen LogP contribution in [0.4, 0.5) is 11.4 Å². The lowest BCUT2D eigenvalue weighted by Crippen LogP contribution is -2.14. The highest BCUT2D eigenvalue weighted by atomic mass is 35.5. The van der Waals surface area contributed by atoms with Gasteiger partial charge in [0.1, 0.15) is 5.75 Å². The second-order valence-corrected chi connectivity index (χ2v) is 7.70. The van der Waals surface area contributed by atoms with E-state index in [2.05, 4.69) is 10.0 Å². The van der Waals surface area contributed by atoms with E-state index in [4.69, 9.17) is 16.3 Å². The predicted octanol–water partition coefficient (Wildman–Crippen LogP) is 3.63. The summed E-state index contributed by atoms with van der Waals surface area (Å²) < 4.78 is 33.0. The minimum absolute atomic E-state index is 0.138. The van der Waals surface area contributed by atoms with Gasteiger partial charge in [0.25, 0.3) is 10.0 Å². The van der Waals surface area contributed by atoms with Gasteiger partial charge in [-0.2, -0.15) is 0 Å². The Morgan fingerprint density at radius 1 is 1.15 bits per heavy atom. The summed E-state index contributed by atoms with van der Waals surface area (Å²) in [5.74, 6) is 0.657. The maximum absolute atomic E-state index is 12.7. The third-order valence-corrected chi connectivity index (χ3v) is 5.25. The molecular weight excluding hydrogens is 376 g/mol. The van der Waals surface area contributed by atoms with E-state index in [1.807, 2.05) is 0 Å². The molecule has 0 heterocycles. The summed E-state index contributed by atoms with van der Waals surface area (Å²) in [4.78, 5) is 11.3. The third-order valence-electron chi connectivity index (χ3n) is 3.60. The highest BCUT2D eigenvalue weighted by Gasteiger charge is 2.17. The molecule has 0 aliphatic rings. The third kappa shape index (κ3) is 5.37. The molecule has 0 spiro atoms. The van der Waals surface area contributed by atoms with Crippen LogP contribution < -0.4 is 14.8 Å². The Morgan fingerprint density at radius 2 is 1.85 bits per heavy atom. The summed E-state index contributed by atoms with van der Waals surface area (Å²) in [5.41, 5.74) is 1.73. The molecule has 0 aromatic heterocycles. The highest BCUT2D eigenvalue weighted by molar-refractivity contribution is 7.92. The lowest BCUT2D eigenvalue weighted by Gasteiger charge is -2.14. The first-order chi connectivity index (χ1) is 12.4. The van der Waals surface area contributed by atoms with Gasteiger partial charge in [-0.15, -0.1) is 11.6 Å². The molecule has 8 heteroatoms. The van der Waals surface area contributed by atoms with Gasteiger partial charge in [-0.05, 0) is 48.7 Å². The number of carbonyl (C=O) groups is 1. The van der Waals surface area contributed by atoms with Crippen LogP contribution in [0.3, 0.4) is 0 Å². The van der Waals surface area contributed by atoms with Crippen LogP contribution >= 0.6 is 11.6 Å². The van der Waals surface area contributed by atoms with Gasteiger partial charge in [0.2, 0.25) is 5.91 Å². The summed E-state index contributed by atoms with van der Waals surface area (Å²) in [6.07, 6.45) is 1.63. The lowest BCUT2D eigenvalue weighted by molar-refractivity contribution is -0.114. The Labute approximate surface area is 158 Å². The van der Waals surface area contributed by atoms with Crippen molar-refractivity contribution in [3.05, 3.63) is 48.0 Å². The van der Waals surface area contributed by atoms with Crippen LogP contribution in [0.15, 0.2) is 47.4 Å². The molecule has 0 aliphatic carbocycles. The maximum Gasteiger partial charge on any atom is 0.262 e. The number of sulfonamides is 1. The molecule has 140 valence electrons. The molecule has 2 aromatic rings. The van der Waals surface area contributed by atoms with Gasteiger partial charge in [-0.3, -0.25) is 9.52 Å². The first-order valence-corrected chi connectivity index (χ1v) is 10.0. The molecule has 0 fully saturated rings. The van der Waals surface area contributed by atoms with Gasteiger partial charge in [0.05, 0.1) is 17.7 Å². The second kappa shape index (κ2) is 8.91. The normalized spacial score (nSPS) is 11.0. The van der Waals surface area contributed by atoms with Gasteiger partial charge in [-0.25, -0.2) is 8.42 Å². The average molecular weight is 397 g/mol. The van der Waals surface area contributed by atoms with Crippen molar-refractivity contribution in [3.63, 3.8) is 0 Å². The van der Waals surface area contributed by atoms with Crippen molar-refractivity contribution < 1.29 is 17.9 Å². The van der Waals surface area contributed by atoms with Gasteiger partial charge < -0.3 is 10.1 Å². The second-order valence-electron chi connectivity index (χ2n) is 5.64. The number of amides is 1. The molecule has 0 saturated carbocycles. The van der Waals surface area contributed by atoms with Gasteiger partial charge in [-0.1, -0.05) is 12.1 Å². The van der Waals surface area contributed by atoms with E-state index < -0.39 is 10.0 Å². The molecule has 0 bridgehead atoms. The molecule has 6 nitrogen and oxygen atoms in total. The largest absolute Gasteiger partial charge is 0.495 e. The Kier molecular flexibility index (Phi) is 6.88.